The van der Waals surface area contributed by atoms with Crippen LogP contribution in [0.15, 0.2) is 24.4 Å². The van der Waals surface area contributed by atoms with Crippen LogP contribution in [0.1, 0.15) is 64.9 Å². The van der Waals surface area contributed by atoms with Gasteiger partial charge in [-0.3, -0.25) is 10.1 Å². The number of amides is 1. The summed E-state index contributed by atoms with van der Waals surface area (Å²) in [6, 6.07) is 4.95. The van der Waals surface area contributed by atoms with Crippen LogP contribution in [0.2, 0.25) is 0 Å². The predicted molar refractivity (Wildman–Crippen MR) is 146 cm³/mol. The van der Waals surface area contributed by atoms with Gasteiger partial charge >= 0.3 is 0 Å². The number of carbonyl (C=O) groups is 1. The number of ether oxygens (including phenoxy) is 1. The molecule has 1 aliphatic heterocycles. The van der Waals surface area contributed by atoms with Crippen molar-refractivity contribution in [1.82, 2.24) is 15.3 Å². The van der Waals surface area contributed by atoms with Gasteiger partial charge in [0.15, 0.2) is 5.82 Å². The van der Waals surface area contributed by atoms with Crippen molar-refractivity contribution in [1.29, 1.82) is 0 Å². The number of anilines is 4. The lowest BCUT2D eigenvalue weighted by molar-refractivity contribution is -0.125. The average molecular weight is 545 g/mol. The molecule has 2 saturated carbocycles. The van der Waals surface area contributed by atoms with Gasteiger partial charge in [0.2, 0.25) is 11.9 Å². The van der Waals surface area contributed by atoms with Crippen molar-refractivity contribution in [2.45, 2.75) is 83.0 Å². The van der Waals surface area contributed by atoms with E-state index in [0.717, 1.165) is 31.5 Å². The van der Waals surface area contributed by atoms with Crippen LogP contribution >= 0.6 is 0 Å². The average Bonchev–Trinajstić information content (AvgIpc) is 3.38. The zero-order chi connectivity index (χ0) is 28.2. The maximum atomic E-state index is 13.3. The lowest BCUT2D eigenvalue weighted by atomic mass is 9.86. The van der Waals surface area contributed by atoms with Crippen LogP contribution in [0, 0.1) is 5.41 Å². The fourth-order valence-corrected chi connectivity index (χ4v) is 5.99. The Labute approximate surface area is 227 Å². The first-order valence-electron chi connectivity index (χ1n) is 13.5. The van der Waals surface area contributed by atoms with Gasteiger partial charge < -0.3 is 25.0 Å². The number of carbonyl (C=O) groups excluding carboxylic acids is 1. The van der Waals surface area contributed by atoms with Crippen molar-refractivity contribution in [3.63, 3.8) is 0 Å². The number of halogens is 2. The molecule has 1 aromatic heterocycles. The van der Waals surface area contributed by atoms with Gasteiger partial charge in [-0.15, -0.1) is 0 Å². The Bertz CT molecular complexity index is 1240. The van der Waals surface area contributed by atoms with Gasteiger partial charge in [-0.1, -0.05) is 18.9 Å². The molecule has 0 spiro atoms. The maximum Gasteiger partial charge on any atom is 0.251 e. The Balaban J connectivity index is 1.42. The first-order chi connectivity index (χ1) is 18.3. The quantitative estimate of drug-likeness (QED) is 0.437. The summed E-state index contributed by atoms with van der Waals surface area (Å²) < 4.78 is 32.1. The number of hydrogen-bond acceptors (Lipinski definition) is 8. The molecule has 0 bridgehead atoms. The van der Waals surface area contributed by atoms with Crippen LogP contribution in [0.5, 0.6) is 5.75 Å². The summed E-state index contributed by atoms with van der Waals surface area (Å²) in [6.45, 7) is 6.05. The fourth-order valence-electron chi connectivity index (χ4n) is 5.99. The molecule has 11 heteroatoms. The van der Waals surface area contributed by atoms with Crippen LogP contribution in [-0.2, 0) is 10.5 Å². The largest absolute Gasteiger partial charge is 0.495 e. The van der Waals surface area contributed by atoms with E-state index in [1.54, 1.807) is 36.3 Å². The van der Waals surface area contributed by atoms with Crippen LogP contribution in [0.4, 0.5) is 31.9 Å². The fraction of sp³-hybridized carbons (Fsp3) is 0.607. The number of aromatic nitrogens is 2. The van der Waals surface area contributed by atoms with Gasteiger partial charge in [-0.2, -0.15) is 4.98 Å². The third-order valence-electron chi connectivity index (χ3n) is 8.18. The molecule has 39 heavy (non-hydrogen) atoms. The molecule has 9 nitrogen and oxygen atoms in total. The highest BCUT2D eigenvalue weighted by atomic mass is 19.3. The molecule has 3 N–H and O–H groups in total. The summed E-state index contributed by atoms with van der Waals surface area (Å²) in [5, 5.41) is 17.1. The first kappa shape index (κ1) is 27.5. The standard InChI is InChI=1S/C28H38F2N6O3/c1-26(2)16-36(19-8-6-7-9-19)23-21(35(4)24(26)37)15-31-25(33-23)32-20-11-10-17(12-22(20)39-5)27(3,38)34-18-13-28(29,30)14-18/h10-12,15,18-19,34,38H,6-9,13-14,16H2,1-5H3,(H,31,32,33). The molecule has 1 unspecified atom stereocenters. The number of fused-ring (bicyclic) bond motifs is 1. The van der Waals surface area contributed by atoms with Crippen molar-refractivity contribution in [2.24, 2.45) is 5.41 Å². The normalized spacial score (nSPS) is 22.6. The second-order valence-corrected chi connectivity index (χ2v) is 11.9. The van der Waals surface area contributed by atoms with Crippen molar-refractivity contribution in [3.05, 3.63) is 30.0 Å². The Kier molecular flexibility index (Phi) is 6.95. The van der Waals surface area contributed by atoms with E-state index in [0.29, 0.717) is 41.2 Å². The van der Waals surface area contributed by atoms with Crippen LogP contribution in [-0.4, -0.2) is 59.7 Å². The maximum absolute atomic E-state index is 13.3. The molecule has 0 saturated heterocycles. The smallest absolute Gasteiger partial charge is 0.251 e. The molecule has 212 valence electrons. The Hall–Kier alpha value is -3.05. The lowest BCUT2D eigenvalue weighted by Gasteiger charge is -2.40. The van der Waals surface area contributed by atoms with Gasteiger partial charge in [0, 0.05) is 44.1 Å². The van der Waals surface area contributed by atoms with E-state index in [9.17, 15) is 18.7 Å². The van der Waals surface area contributed by atoms with Crippen LogP contribution < -0.4 is 25.2 Å². The zero-order valence-electron chi connectivity index (χ0n) is 23.2. The number of alkyl halides is 2. The second-order valence-electron chi connectivity index (χ2n) is 11.9. The van der Waals surface area contributed by atoms with E-state index in [4.69, 9.17) is 9.72 Å². The number of nitrogens with zero attached hydrogens (tertiary/aromatic N) is 4. The highest BCUT2D eigenvalue weighted by molar-refractivity contribution is 6.00. The number of aliphatic hydroxyl groups is 1. The zero-order valence-corrected chi connectivity index (χ0v) is 23.2. The molecule has 1 atom stereocenters. The van der Waals surface area contributed by atoms with E-state index < -0.39 is 23.1 Å². The summed E-state index contributed by atoms with van der Waals surface area (Å²) in [7, 11) is 3.28. The highest BCUT2D eigenvalue weighted by Gasteiger charge is 2.47. The summed E-state index contributed by atoms with van der Waals surface area (Å²) in [5.74, 6) is -1.14. The third kappa shape index (κ3) is 5.38. The number of benzene rings is 1. The molecule has 1 aromatic carbocycles. The number of hydrogen-bond donors (Lipinski definition) is 3. The van der Waals surface area contributed by atoms with Crippen molar-refractivity contribution < 1.29 is 23.4 Å². The molecule has 0 radical (unpaired) electrons. The molecule has 2 fully saturated rings. The molecular weight excluding hydrogens is 506 g/mol. The second kappa shape index (κ2) is 9.85. The van der Waals surface area contributed by atoms with Crippen LogP contribution in [0.3, 0.4) is 0 Å². The lowest BCUT2D eigenvalue weighted by Crippen LogP contribution is -2.55. The van der Waals surface area contributed by atoms with Gasteiger partial charge in [-0.25, -0.2) is 13.8 Å². The predicted octanol–water partition coefficient (Wildman–Crippen LogP) is 4.53. The van der Waals surface area contributed by atoms with Crippen LogP contribution in [0.25, 0.3) is 0 Å². The Morgan fingerprint density at radius 1 is 1.21 bits per heavy atom. The molecule has 2 aromatic rings. The Morgan fingerprint density at radius 2 is 1.90 bits per heavy atom. The van der Waals surface area contributed by atoms with E-state index >= 15 is 0 Å². The van der Waals surface area contributed by atoms with E-state index in [-0.39, 0.29) is 18.7 Å². The number of methoxy groups -OCH3 is 1. The summed E-state index contributed by atoms with van der Waals surface area (Å²) in [4.78, 5) is 26.5. The SMILES string of the molecule is COc1cc(C(C)(O)NC2CC(F)(F)C2)ccc1Nc1ncc2c(n1)N(C1CCCC1)CC(C)(C)C(=O)N2C. The van der Waals surface area contributed by atoms with E-state index in [2.05, 4.69) is 20.5 Å². The van der Waals surface area contributed by atoms with E-state index in [1.807, 2.05) is 13.8 Å². The minimum absolute atomic E-state index is 0.0251. The van der Waals surface area contributed by atoms with Gasteiger partial charge in [0.1, 0.15) is 17.2 Å². The Morgan fingerprint density at radius 3 is 2.54 bits per heavy atom. The first-order valence-corrected chi connectivity index (χ1v) is 13.5. The van der Waals surface area contributed by atoms with Crippen molar-refractivity contribution in [3.8, 4) is 5.75 Å². The third-order valence-corrected chi connectivity index (χ3v) is 8.18. The van der Waals surface area contributed by atoms with Gasteiger partial charge in [-0.05, 0) is 45.7 Å². The molecular formula is C28H38F2N6O3. The summed E-state index contributed by atoms with van der Waals surface area (Å²) in [5.41, 5.74) is -0.352. The molecule has 1 amide bonds. The number of nitrogens with one attached hydrogen (secondary N) is 2. The summed E-state index contributed by atoms with van der Waals surface area (Å²) in [6.07, 6.45) is 5.50. The molecule has 2 aliphatic carbocycles. The molecule has 5 rings (SSSR count). The molecule has 3 aliphatic rings. The number of rotatable bonds is 7. The van der Waals surface area contributed by atoms with Crippen molar-refractivity contribution >= 4 is 29.0 Å². The minimum Gasteiger partial charge on any atom is -0.495 e. The van der Waals surface area contributed by atoms with E-state index in [1.165, 1.54) is 14.0 Å². The highest BCUT2D eigenvalue weighted by Crippen LogP contribution is 2.42. The monoisotopic (exact) mass is 544 g/mol. The minimum atomic E-state index is -2.68. The van der Waals surface area contributed by atoms with Crippen molar-refractivity contribution in [2.75, 3.05) is 35.8 Å². The van der Waals surface area contributed by atoms with Gasteiger partial charge in [0.25, 0.3) is 5.92 Å². The topological polar surface area (TPSA) is 103 Å². The molecule has 2 heterocycles. The van der Waals surface area contributed by atoms with Gasteiger partial charge in [0.05, 0.1) is 24.4 Å². The summed E-state index contributed by atoms with van der Waals surface area (Å²) >= 11 is 0.